The predicted octanol–water partition coefficient (Wildman–Crippen LogP) is 2.41. The van der Waals surface area contributed by atoms with Gasteiger partial charge in [0.25, 0.3) is 0 Å². The largest absolute Gasteiger partial charge is 0.371 e. The number of anilines is 1. The molecule has 0 aromatic heterocycles. The van der Waals surface area contributed by atoms with Crippen LogP contribution in [0.4, 0.5) is 5.69 Å². The lowest BCUT2D eigenvalue weighted by atomic mass is 9.89. The normalized spacial score (nSPS) is 20.5. The van der Waals surface area contributed by atoms with Crippen molar-refractivity contribution in [3.8, 4) is 0 Å². The molecule has 0 radical (unpaired) electrons. The number of rotatable bonds is 1. The molecule has 86 valence electrons. The number of benzene rings is 1. The molecule has 2 nitrogen and oxygen atoms in total. The topological polar surface area (TPSA) is 29.3 Å². The van der Waals surface area contributed by atoms with E-state index in [1.807, 2.05) is 0 Å². The summed E-state index contributed by atoms with van der Waals surface area (Å²) in [6.07, 6.45) is 5.07. The smallest absolute Gasteiger partial charge is 0.0431 e. The van der Waals surface area contributed by atoms with Gasteiger partial charge in [-0.2, -0.15) is 0 Å². The second-order valence-corrected chi connectivity index (χ2v) is 5.17. The van der Waals surface area contributed by atoms with Crippen LogP contribution >= 0.6 is 0 Å². The Balaban J connectivity index is 2.13. The molecule has 2 heteroatoms. The zero-order chi connectivity index (χ0) is 11.1. The third kappa shape index (κ3) is 1.52. The van der Waals surface area contributed by atoms with Crippen molar-refractivity contribution in [2.75, 3.05) is 18.0 Å². The maximum atomic E-state index is 6.01. The third-order valence-electron chi connectivity index (χ3n) is 3.88. The molecule has 0 bridgehead atoms. The van der Waals surface area contributed by atoms with Gasteiger partial charge in [0.05, 0.1) is 0 Å². The molecule has 1 aromatic carbocycles. The lowest BCUT2D eigenvalue weighted by Crippen LogP contribution is -2.34. The van der Waals surface area contributed by atoms with E-state index >= 15 is 0 Å². The van der Waals surface area contributed by atoms with E-state index in [1.54, 1.807) is 5.69 Å². The summed E-state index contributed by atoms with van der Waals surface area (Å²) in [6.45, 7) is 4.58. The molecule has 1 aromatic rings. The van der Waals surface area contributed by atoms with Crippen LogP contribution in [0.3, 0.4) is 0 Å². The molecule has 0 fully saturated rings. The summed E-state index contributed by atoms with van der Waals surface area (Å²) in [7, 11) is 0. The van der Waals surface area contributed by atoms with Crippen LogP contribution in [0, 0.1) is 0 Å². The minimum Gasteiger partial charge on any atom is -0.371 e. The van der Waals surface area contributed by atoms with E-state index in [2.05, 4.69) is 24.0 Å². The van der Waals surface area contributed by atoms with Gasteiger partial charge in [0.2, 0.25) is 0 Å². The van der Waals surface area contributed by atoms with Crippen LogP contribution in [0.5, 0.6) is 0 Å². The number of hydrogen-bond donors (Lipinski definition) is 1. The molecule has 3 rings (SSSR count). The summed E-state index contributed by atoms with van der Waals surface area (Å²) >= 11 is 0. The monoisotopic (exact) mass is 216 g/mol. The van der Waals surface area contributed by atoms with Crippen LogP contribution in [-0.2, 0) is 12.8 Å². The number of nitrogens with two attached hydrogens (primary N) is 1. The van der Waals surface area contributed by atoms with E-state index in [0.29, 0.717) is 0 Å². The van der Waals surface area contributed by atoms with E-state index in [9.17, 15) is 0 Å². The highest BCUT2D eigenvalue weighted by molar-refractivity contribution is 5.64. The van der Waals surface area contributed by atoms with Crippen molar-refractivity contribution in [1.82, 2.24) is 0 Å². The molecule has 0 aliphatic carbocycles. The highest BCUT2D eigenvalue weighted by atomic mass is 15.1. The molecule has 16 heavy (non-hydrogen) atoms. The van der Waals surface area contributed by atoms with Crippen molar-refractivity contribution in [2.24, 2.45) is 5.73 Å². The second kappa shape index (κ2) is 3.77. The maximum absolute atomic E-state index is 6.01. The first-order valence-electron chi connectivity index (χ1n) is 6.42. The first-order chi connectivity index (χ1) is 7.75. The summed E-state index contributed by atoms with van der Waals surface area (Å²) in [5.74, 6) is 0. The molecule has 0 amide bonds. The molecule has 0 spiro atoms. The predicted molar refractivity (Wildman–Crippen MR) is 67.9 cm³/mol. The zero-order valence-electron chi connectivity index (χ0n) is 10.00. The minimum atomic E-state index is 0.166. The average molecular weight is 216 g/mol. The zero-order valence-corrected chi connectivity index (χ0v) is 10.00. The van der Waals surface area contributed by atoms with Crippen LogP contribution in [0.25, 0.3) is 0 Å². The molecule has 1 unspecified atom stereocenters. The van der Waals surface area contributed by atoms with E-state index in [4.69, 9.17) is 5.73 Å². The summed E-state index contributed by atoms with van der Waals surface area (Å²) in [5, 5.41) is 0. The molecule has 0 saturated carbocycles. The van der Waals surface area contributed by atoms with E-state index in [-0.39, 0.29) is 6.04 Å². The maximum Gasteiger partial charge on any atom is 0.0431 e. The molecular formula is C14H20N2. The van der Waals surface area contributed by atoms with Crippen molar-refractivity contribution < 1.29 is 0 Å². The minimum absolute atomic E-state index is 0.166. The van der Waals surface area contributed by atoms with Gasteiger partial charge in [-0.25, -0.2) is 0 Å². The SMILES string of the molecule is CC(N)c1cc2c3c(c1)CCCN3CCC2. The van der Waals surface area contributed by atoms with Gasteiger partial charge in [-0.15, -0.1) is 0 Å². The molecule has 0 saturated heterocycles. The quantitative estimate of drug-likeness (QED) is 0.781. The lowest BCUT2D eigenvalue weighted by molar-refractivity contribution is 0.631. The summed E-state index contributed by atoms with van der Waals surface area (Å²) in [6, 6.07) is 4.83. The summed E-state index contributed by atoms with van der Waals surface area (Å²) < 4.78 is 0. The standard InChI is InChI=1S/C14H20N2/c1-10(15)13-8-11-4-2-6-16-7-3-5-12(9-13)14(11)16/h8-10H,2-7,15H2,1H3. The van der Waals surface area contributed by atoms with Gasteiger partial charge < -0.3 is 10.6 Å². The van der Waals surface area contributed by atoms with Gasteiger partial charge in [0, 0.05) is 24.8 Å². The van der Waals surface area contributed by atoms with Crippen LogP contribution in [0.1, 0.15) is 42.5 Å². The lowest BCUT2D eigenvalue weighted by Gasteiger charge is -2.37. The summed E-state index contributed by atoms with van der Waals surface area (Å²) in [4.78, 5) is 2.57. The van der Waals surface area contributed by atoms with Gasteiger partial charge >= 0.3 is 0 Å². The fraction of sp³-hybridized carbons (Fsp3) is 0.571. The van der Waals surface area contributed by atoms with Gasteiger partial charge in [0.15, 0.2) is 0 Å². The average Bonchev–Trinajstić information content (AvgIpc) is 2.29. The summed E-state index contributed by atoms with van der Waals surface area (Å²) in [5.41, 5.74) is 11.9. The Morgan fingerprint density at radius 2 is 1.69 bits per heavy atom. The molecule has 2 aliphatic heterocycles. The Morgan fingerprint density at radius 1 is 1.12 bits per heavy atom. The van der Waals surface area contributed by atoms with Gasteiger partial charge in [-0.1, -0.05) is 12.1 Å². The highest BCUT2D eigenvalue weighted by Crippen LogP contribution is 2.36. The van der Waals surface area contributed by atoms with Gasteiger partial charge in [-0.05, 0) is 49.3 Å². The van der Waals surface area contributed by atoms with Crippen molar-refractivity contribution in [3.63, 3.8) is 0 Å². The van der Waals surface area contributed by atoms with Crippen LogP contribution in [0.2, 0.25) is 0 Å². The molecule has 2 heterocycles. The van der Waals surface area contributed by atoms with Crippen molar-refractivity contribution in [3.05, 3.63) is 28.8 Å². The van der Waals surface area contributed by atoms with Gasteiger partial charge in [-0.3, -0.25) is 0 Å². The Hall–Kier alpha value is -1.02. The van der Waals surface area contributed by atoms with Crippen molar-refractivity contribution in [1.29, 1.82) is 0 Å². The first-order valence-corrected chi connectivity index (χ1v) is 6.42. The van der Waals surface area contributed by atoms with Crippen LogP contribution in [-0.4, -0.2) is 13.1 Å². The second-order valence-electron chi connectivity index (χ2n) is 5.17. The van der Waals surface area contributed by atoms with Gasteiger partial charge in [0.1, 0.15) is 0 Å². The third-order valence-corrected chi connectivity index (χ3v) is 3.88. The number of nitrogens with zero attached hydrogens (tertiary/aromatic N) is 1. The van der Waals surface area contributed by atoms with E-state index in [0.717, 1.165) is 0 Å². The van der Waals surface area contributed by atoms with Crippen LogP contribution < -0.4 is 10.6 Å². The van der Waals surface area contributed by atoms with E-state index < -0.39 is 0 Å². The fourth-order valence-corrected chi connectivity index (χ4v) is 3.09. The Labute approximate surface area is 97.4 Å². The molecule has 2 aliphatic rings. The first kappa shape index (κ1) is 10.2. The molecular weight excluding hydrogens is 196 g/mol. The van der Waals surface area contributed by atoms with Crippen LogP contribution in [0.15, 0.2) is 12.1 Å². The van der Waals surface area contributed by atoms with Crippen molar-refractivity contribution in [2.45, 2.75) is 38.6 Å². The molecule has 1 atom stereocenters. The van der Waals surface area contributed by atoms with Crippen molar-refractivity contribution >= 4 is 5.69 Å². The number of hydrogen-bond acceptors (Lipinski definition) is 2. The Kier molecular flexibility index (Phi) is 2.40. The highest BCUT2D eigenvalue weighted by Gasteiger charge is 2.24. The number of aryl methyl sites for hydroxylation is 2. The Bertz CT molecular complexity index is 378. The van der Waals surface area contributed by atoms with E-state index in [1.165, 1.54) is 55.5 Å². The fourth-order valence-electron chi connectivity index (χ4n) is 3.09. The Morgan fingerprint density at radius 3 is 2.19 bits per heavy atom. The molecule has 2 N–H and O–H groups in total.